The summed E-state index contributed by atoms with van der Waals surface area (Å²) < 4.78 is 0. The minimum absolute atomic E-state index is 0.645. The highest BCUT2D eigenvalue weighted by molar-refractivity contribution is 5.37. The van der Waals surface area contributed by atoms with Crippen LogP contribution in [0.1, 0.15) is 50.0 Å². The van der Waals surface area contributed by atoms with Gasteiger partial charge in [-0.1, -0.05) is 12.8 Å². The van der Waals surface area contributed by atoms with E-state index in [-0.39, 0.29) is 0 Å². The maximum atomic E-state index is 4.75. The van der Waals surface area contributed by atoms with Crippen molar-refractivity contribution in [3.63, 3.8) is 0 Å². The Morgan fingerprint density at radius 2 is 2.00 bits per heavy atom. The summed E-state index contributed by atoms with van der Waals surface area (Å²) in [7, 11) is 4.11. The summed E-state index contributed by atoms with van der Waals surface area (Å²) in [6.45, 7) is 3.81. The van der Waals surface area contributed by atoms with E-state index in [1.165, 1.54) is 31.4 Å². The average molecular weight is 248 g/mol. The summed E-state index contributed by atoms with van der Waals surface area (Å²) in [5.74, 6) is 2.55. The molecule has 4 heteroatoms. The lowest BCUT2D eigenvalue weighted by Crippen LogP contribution is -2.16. The summed E-state index contributed by atoms with van der Waals surface area (Å²) >= 11 is 0. The fourth-order valence-electron chi connectivity index (χ4n) is 2.57. The average Bonchev–Trinajstić information content (AvgIpc) is 2.81. The van der Waals surface area contributed by atoms with Gasteiger partial charge in [-0.05, 0) is 33.9 Å². The van der Waals surface area contributed by atoms with Crippen molar-refractivity contribution in [2.24, 2.45) is 0 Å². The predicted molar refractivity (Wildman–Crippen MR) is 74.8 cm³/mol. The van der Waals surface area contributed by atoms with Gasteiger partial charge in [-0.25, -0.2) is 9.97 Å². The molecule has 0 bridgehead atoms. The molecule has 0 aromatic carbocycles. The zero-order valence-corrected chi connectivity index (χ0v) is 11.7. The van der Waals surface area contributed by atoms with E-state index < -0.39 is 0 Å². The van der Waals surface area contributed by atoms with Crippen LogP contribution in [0.15, 0.2) is 6.07 Å². The van der Waals surface area contributed by atoms with Crippen LogP contribution in [0.3, 0.4) is 0 Å². The molecule has 0 amide bonds. The quantitative estimate of drug-likeness (QED) is 0.869. The first kappa shape index (κ1) is 13.3. The van der Waals surface area contributed by atoms with Crippen molar-refractivity contribution in [2.75, 3.05) is 26.0 Å². The molecule has 18 heavy (non-hydrogen) atoms. The molecule has 0 radical (unpaired) electrons. The molecular weight excluding hydrogens is 224 g/mol. The molecule has 1 aromatic heterocycles. The van der Waals surface area contributed by atoms with Crippen molar-refractivity contribution in [1.82, 2.24) is 14.9 Å². The maximum absolute atomic E-state index is 4.75. The summed E-state index contributed by atoms with van der Waals surface area (Å²) in [4.78, 5) is 11.4. The van der Waals surface area contributed by atoms with E-state index in [1.54, 1.807) is 0 Å². The van der Waals surface area contributed by atoms with Crippen molar-refractivity contribution in [2.45, 2.75) is 45.1 Å². The van der Waals surface area contributed by atoms with Crippen LogP contribution < -0.4 is 5.32 Å². The SMILES string of the molecule is CCNc1cc(C2CCCC2)nc(CN(C)C)n1. The van der Waals surface area contributed by atoms with Crippen molar-refractivity contribution in [3.05, 3.63) is 17.6 Å². The van der Waals surface area contributed by atoms with E-state index in [9.17, 15) is 0 Å². The van der Waals surface area contributed by atoms with Crippen molar-refractivity contribution >= 4 is 5.82 Å². The second kappa shape index (κ2) is 6.14. The van der Waals surface area contributed by atoms with Gasteiger partial charge in [-0.15, -0.1) is 0 Å². The molecule has 1 fully saturated rings. The summed E-state index contributed by atoms with van der Waals surface area (Å²) in [6.07, 6.45) is 5.25. The highest BCUT2D eigenvalue weighted by atomic mass is 15.1. The first-order valence-electron chi connectivity index (χ1n) is 6.95. The lowest BCUT2D eigenvalue weighted by Gasteiger charge is -2.15. The highest BCUT2D eigenvalue weighted by Gasteiger charge is 2.20. The molecule has 1 N–H and O–H groups in total. The molecule has 1 aromatic rings. The third-order valence-electron chi connectivity index (χ3n) is 3.38. The molecule has 1 aliphatic rings. The Hall–Kier alpha value is -1.16. The molecule has 2 rings (SSSR count). The minimum atomic E-state index is 0.645. The van der Waals surface area contributed by atoms with Crippen molar-refractivity contribution in [1.29, 1.82) is 0 Å². The lowest BCUT2D eigenvalue weighted by molar-refractivity contribution is 0.389. The van der Waals surface area contributed by atoms with E-state index in [1.807, 2.05) is 0 Å². The van der Waals surface area contributed by atoms with Gasteiger partial charge in [0.1, 0.15) is 11.6 Å². The molecule has 100 valence electrons. The van der Waals surface area contributed by atoms with Crippen LogP contribution in [0.25, 0.3) is 0 Å². The Morgan fingerprint density at radius 1 is 1.28 bits per heavy atom. The smallest absolute Gasteiger partial charge is 0.144 e. The van der Waals surface area contributed by atoms with Crippen LogP contribution in [-0.2, 0) is 6.54 Å². The molecule has 0 saturated heterocycles. The molecule has 1 heterocycles. The Kier molecular flexibility index (Phi) is 4.53. The normalized spacial score (nSPS) is 16.4. The van der Waals surface area contributed by atoms with E-state index >= 15 is 0 Å². The summed E-state index contributed by atoms with van der Waals surface area (Å²) in [5.41, 5.74) is 1.23. The van der Waals surface area contributed by atoms with Gasteiger partial charge in [0.05, 0.1) is 6.54 Å². The molecule has 1 aliphatic carbocycles. The second-order valence-electron chi connectivity index (χ2n) is 5.34. The molecular formula is C14H24N4. The van der Waals surface area contributed by atoms with Gasteiger partial charge in [-0.2, -0.15) is 0 Å². The largest absolute Gasteiger partial charge is 0.370 e. The third kappa shape index (κ3) is 3.42. The summed E-state index contributed by atoms with van der Waals surface area (Å²) in [5, 5.41) is 3.32. The Balaban J connectivity index is 2.23. The second-order valence-corrected chi connectivity index (χ2v) is 5.34. The highest BCUT2D eigenvalue weighted by Crippen LogP contribution is 2.33. The van der Waals surface area contributed by atoms with Crippen LogP contribution in [0.2, 0.25) is 0 Å². The zero-order valence-electron chi connectivity index (χ0n) is 11.7. The Labute approximate surface area is 110 Å². The van der Waals surface area contributed by atoms with Gasteiger partial charge in [-0.3, -0.25) is 0 Å². The fourth-order valence-corrected chi connectivity index (χ4v) is 2.57. The van der Waals surface area contributed by atoms with Crippen LogP contribution >= 0.6 is 0 Å². The van der Waals surface area contributed by atoms with Crippen molar-refractivity contribution in [3.8, 4) is 0 Å². The molecule has 4 nitrogen and oxygen atoms in total. The van der Waals surface area contributed by atoms with E-state index in [4.69, 9.17) is 4.98 Å². The molecule has 0 aliphatic heterocycles. The minimum Gasteiger partial charge on any atom is -0.370 e. The molecule has 0 unspecified atom stereocenters. The van der Waals surface area contributed by atoms with Gasteiger partial charge >= 0.3 is 0 Å². The van der Waals surface area contributed by atoms with Crippen LogP contribution in [0.4, 0.5) is 5.82 Å². The zero-order chi connectivity index (χ0) is 13.0. The lowest BCUT2D eigenvalue weighted by atomic mass is 10.0. The molecule has 0 atom stereocenters. The molecule has 1 saturated carbocycles. The monoisotopic (exact) mass is 248 g/mol. The van der Waals surface area contributed by atoms with Crippen LogP contribution in [0.5, 0.6) is 0 Å². The Bertz CT molecular complexity index is 383. The maximum Gasteiger partial charge on any atom is 0.144 e. The molecule has 0 spiro atoms. The number of nitrogens with one attached hydrogen (secondary N) is 1. The van der Waals surface area contributed by atoms with E-state index in [0.29, 0.717) is 5.92 Å². The van der Waals surface area contributed by atoms with E-state index in [0.717, 1.165) is 24.7 Å². The summed E-state index contributed by atoms with van der Waals surface area (Å²) in [6, 6.07) is 2.14. The predicted octanol–water partition coefficient (Wildman–Crippen LogP) is 2.63. The fraction of sp³-hybridized carbons (Fsp3) is 0.714. The van der Waals surface area contributed by atoms with Crippen molar-refractivity contribution < 1.29 is 0 Å². The van der Waals surface area contributed by atoms with Gasteiger partial charge < -0.3 is 10.2 Å². The number of anilines is 1. The van der Waals surface area contributed by atoms with Gasteiger partial charge in [0, 0.05) is 24.2 Å². The third-order valence-corrected chi connectivity index (χ3v) is 3.38. The Morgan fingerprint density at radius 3 is 2.61 bits per heavy atom. The topological polar surface area (TPSA) is 41.1 Å². The first-order chi connectivity index (χ1) is 8.69. The van der Waals surface area contributed by atoms with Gasteiger partial charge in [0.15, 0.2) is 0 Å². The number of rotatable bonds is 5. The first-order valence-corrected chi connectivity index (χ1v) is 6.95. The number of hydrogen-bond acceptors (Lipinski definition) is 4. The standard InChI is InChI=1S/C14H24N4/c1-4-15-13-9-12(11-7-5-6-8-11)16-14(17-13)10-18(2)3/h9,11H,4-8,10H2,1-3H3,(H,15,16,17). The number of aromatic nitrogens is 2. The number of hydrogen-bond donors (Lipinski definition) is 1. The van der Waals surface area contributed by atoms with E-state index in [2.05, 4.69) is 42.3 Å². The van der Waals surface area contributed by atoms with Crippen LogP contribution in [0, 0.1) is 0 Å². The van der Waals surface area contributed by atoms with Crippen LogP contribution in [-0.4, -0.2) is 35.5 Å². The van der Waals surface area contributed by atoms with Gasteiger partial charge in [0.2, 0.25) is 0 Å². The van der Waals surface area contributed by atoms with Gasteiger partial charge in [0.25, 0.3) is 0 Å². The number of nitrogens with zero attached hydrogens (tertiary/aromatic N) is 3.